The normalized spacial score (nSPS) is 15.8. The van der Waals surface area contributed by atoms with E-state index < -0.39 is 0 Å². The van der Waals surface area contributed by atoms with Crippen LogP contribution in [0, 0.1) is 25.2 Å². The number of carbonyl (C=O) groups excluding carboxylic acids is 1. The molecule has 2 heterocycles. The van der Waals surface area contributed by atoms with Crippen molar-refractivity contribution in [3.63, 3.8) is 0 Å². The van der Waals surface area contributed by atoms with Crippen LogP contribution >= 0.6 is 0 Å². The second-order valence-electron chi connectivity index (χ2n) is 4.59. The first kappa shape index (κ1) is 12.4. The lowest BCUT2D eigenvalue weighted by molar-refractivity contribution is -0.129. The van der Waals surface area contributed by atoms with E-state index in [1.54, 1.807) is 11.9 Å². The van der Waals surface area contributed by atoms with E-state index in [9.17, 15) is 10.1 Å². The van der Waals surface area contributed by atoms with Crippen molar-refractivity contribution in [2.75, 3.05) is 31.6 Å². The molecule has 1 saturated heterocycles. The van der Waals surface area contributed by atoms with E-state index in [2.05, 4.69) is 11.1 Å². The van der Waals surface area contributed by atoms with Crippen LogP contribution in [0.15, 0.2) is 6.07 Å². The van der Waals surface area contributed by atoms with E-state index in [-0.39, 0.29) is 5.91 Å². The van der Waals surface area contributed by atoms with Gasteiger partial charge in [-0.05, 0) is 19.9 Å². The number of nitriles is 1. The second kappa shape index (κ2) is 4.65. The Morgan fingerprint density at radius 2 is 2.11 bits per heavy atom. The molecule has 0 spiro atoms. The summed E-state index contributed by atoms with van der Waals surface area (Å²) >= 11 is 0. The number of amides is 1. The van der Waals surface area contributed by atoms with Crippen LogP contribution in [0.5, 0.6) is 0 Å². The number of likely N-dealkylation sites (N-methyl/N-ethyl adjacent to an activating group) is 1. The van der Waals surface area contributed by atoms with Crippen LogP contribution in [-0.4, -0.2) is 42.5 Å². The Hall–Kier alpha value is -2.09. The molecule has 0 atom stereocenters. The Kier molecular flexibility index (Phi) is 3.19. The topological polar surface area (TPSA) is 60.2 Å². The molecule has 0 unspecified atom stereocenters. The number of hydrogen-bond acceptors (Lipinski definition) is 4. The standard InChI is InChI=1S/C13H16N4O/c1-9-6-12(11(7-14)10(2)15-9)17-5-4-16(3)13(18)8-17/h6H,4-5,8H2,1-3H3. The zero-order chi connectivity index (χ0) is 13.3. The largest absolute Gasteiger partial charge is 0.359 e. The van der Waals surface area contributed by atoms with Crippen molar-refractivity contribution >= 4 is 11.6 Å². The third-order valence-corrected chi connectivity index (χ3v) is 3.22. The van der Waals surface area contributed by atoms with Crippen molar-refractivity contribution in [3.8, 4) is 6.07 Å². The quantitative estimate of drug-likeness (QED) is 0.734. The summed E-state index contributed by atoms with van der Waals surface area (Å²) in [5.41, 5.74) is 2.98. The second-order valence-corrected chi connectivity index (χ2v) is 4.59. The van der Waals surface area contributed by atoms with Crippen LogP contribution in [0.1, 0.15) is 17.0 Å². The summed E-state index contributed by atoms with van der Waals surface area (Å²) in [4.78, 5) is 19.7. The van der Waals surface area contributed by atoms with Crippen molar-refractivity contribution in [2.24, 2.45) is 0 Å². The maximum atomic E-state index is 11.7. The van der Waals surface area contributed by atoms with Crippen molar-refractivity contribution in [1.82, 2.24) is 9.88 Å². The minimum absolute atomic E-state index is 0.0808. The number of aromatic nitrogens is 1. The van der Waals surface area contributed by atoms with E-state index in [1.807, 2.05) is 24.8 Å². The van der Waals surface area contributed by atoms with E-state index in [0.717, 1.165) is 23.6 Å². The van der Waals surface area contributed by atoms with Gasteiger partial charge in [0.15, 0.2) is 0 Å². The summed E-state index contributed by atoms with van der Waals surface area (Å²) in [5.74, 6) is 0.0808. The highest BCUT2D eigenvalue weighted by atomic mass is 16.2. The molecule has 0 saturated carbocycles. The fraction of sp³-hybridized carbons (Fsp3) is 0.462. The van der Waals surface area contributed by atoms with E-state index in [1.165, 1.54) is 0 Å². The zero-order valence-corrected chi connectivity index (χ0v) is 10.9. The summed E-state index contributed by atoms with van der Waals surface area (Å²) in [5, 5.41) is 9.23. The highest BCUT2D eigenvalue weighted by Crippen LogP contribution is 2.24. The third kappa shape index (κ3) is 2.14. The number of nitrogens with zero attached hydrogens (tertiary/aromatic N) is 4. The summed E-state index contributed by atoms with van der Waals surface area (Å²) in [6.07, 6.45) is 0. The van der Waals surface area contributed by atoms with Gasteiger partial charge in [0.1, 0.15) is 6.07 Å². The molecular weight excluding hydrogens is 228 g/mol. The lowest BCUT2D eigenvalue weighted by atomic mass is 10.1. The van der Waals surface area contributed by atoms with Gasteiger partial charge in [-0.2, -0.15) is 5.26 Å². The molecular formula is C13H16N4O. The number of anilines is 1. The minimum atomic E-state index is 0.0808. The molecule has 1 aromatic heterocycles. The number of carbonyl (C=O) groups is 1. The molecule has 1 aromatic rings. The molecule has 1 fully saturated rings. The van der Waals surface area contributed by atoms with Crippen LogP contribution in [-0.2, 0) is 4.79 Å². The van der Waals surface area contributed by atoms with Crippen molar-refractivity contribution in [3.05, 3.63) is 23.0 Å². The molecule has 0 N–H and O–H groups in total. The van der Waals surface area contributed by atoms with Gasteiger partial charge in [0.2, 0.25) is 5.91 Å². The monoisotopic (exact) mass is 244 g/mol. The van der Waals surface area contributed by atoms with Crippen molar-refractivity contribution < 1.29 is 4.79 Å². The van der Waals surface area contributed by atoms with E-state index >= 15 is 0 Å². The lowest BCUT2D eigenvalue weighted by Crippen LogP contribution is -2.48. The highest BCUT2D eigenvalue weighted by Gasteiger charge is 2.24. The van der Waals surface area contributed by atoms with Gasteiger partial charge in [-0.1, -0.05) is 0 Å². The Labute approximate surface area is 107 Å². The van der Waals surface area contributed by atoms with Crippen LogP contribution < -0.4 is 4.90 Å². The average Bonchev–Trinajstić information content (AvgIpc) is 2.32. The van der Waals surface area contributed by atoms with Crippen molar-refractivity contribution in [1.29, 1.82) is 5.26 Å². The summed E-state index contributed by atoms with van der Waals surface area (Å²) in [6, 6.07) is 4.06. The number of rotatable bonds is 1. The van der Waals surface area contributed by atoms with E-state index in [4.69, 9.17) is 0 Å². The summed E-state index contributed by atoms with van der Waals surface area (Å²) < 4.78 is 0. The van der Waals surface area contributed by atoms with Crippen LogP contribution in [0.3, 0.4) is 0 Å². The maximum absolute atomic E-state index is 11.7. The number of pyridine rings is 1. The van der Waals surface area contributed by atoms with Crippen LogP contribution in [0.4, 0.5) is 5.69 Å². The molecule has 1 aliphatic rings. The molecule has 0 aliphatic carbocycles. The van der Waals surface area contributed by atoms with Gasteiger partial charge >= 0.3 is 0 Å². The Balaban J connectivity index is 2.39. The Morgan fingerprint density at radius 1 is 1.39 bits per heavy atom. The maximum Gasteiger partial charge on any atom is 0.241 e. The zero-order valence-electron chi connectivity index (χ0n) is 10.9. The summed E-state index contributed by atoms with van der Waals surface area (Å²) in [6.45, 7) is 5.49. The fourth-order valence-electron chi connectivity index (χ4n) is 2.16. The molecule has 0 radical (unpaired) electrons. The molecule has 94 valence electrons. The van der Waals surface area contributed by atoms with E-state index in [0.29, 0.717) is 18.7 Å². The number of aryl methyl sites for hydroxylation is 2. The molecule has 18 heavy (non-hydrogen) atoms. The first-order chi connectivity index (χ1) is 8.52. The van der Waals surface area contributed by atoms with Gasteiger partial charge in [0.25, 0.3) is 0 Å². The first-order valence-corrected chi connectivity index (χ1v) is 5.90. The highest BCUT2D eigenvalue weighted by molar-refractivity contribution is 5.83. The minimum Gasteiger partial charge on any atom is -0.359 e. The molecule has 1 amide bonds. The Morgan fingerprint density at radius 3 is 2.72 bits per heavy atom. The molecule has 5 heteroatoms. The fourth-order valence-corrected chi connectivity index (χ4v) is 2.16. The smallest absolute Gasteiger partial charge is 0.241 e. The third-order valence-electron chi connectivity index (χ3n) is 3.22. The van der Waals surface area contributed by atoms with Crippen LogP contribution in [0.25, 0.3) is 0 Å². The molecule has 0 aromatic carbocycles. The predicted octanol–water partition coefficient (Wildman–Crippen LogP) is 0.849. The van der Waals surface area contributed by atoms with Crippen molar-refractivity contribution in [2.45, 2.75) is 13.8 Å². The lowest BCUT2D eigenvalue weighted by Gasteiger charge is -2.34. The van der Waals surface area contributed by atoms with Crippen LogP contribution in [0.2, 0.25) is 0 Å². The Bertz CT molecular complexity index is 533. The SMILES string of the molecule is Cc1cc(N2CCN(C)C(=O)C2)c(C#N)c(C)n1. The molecule has 1 aliphatic heterocycles. The number of piperazine rings is 1. The molecule has 0 bridgehead atoms. The first-order valence-electron chi connectivity index (χ1n) is 5.90. The van der Waals surface area contributed by atoms with Gasteiger partial charge in [-0.25, -0.2) is 0 Å². The number of hydrogen-bond donors (Lipinski definition) is 0. The van der Waals surface area contributed by atoms with Gasteiger partial charge in [-0.3, -0.25) is 9.78 Å². The van der Waals surface area contributed by atoms with Gasteiger partial charge < -0.3 is 9.80 Å². The molecule has 2 rings (SSSR count). The van der Waals surface area contributed by atoms with Gasteiger partial charge in [0.05, 0.1) is 23.5 Å². The van der Waals surface area contributed by atoms with Gasteiger partial charge in [0, 0.05) is 25.8 Å². The van der Waals surface area contributed by atoms with Gasteiger partial charge in [-0.15, -0.1) is 0 Å². The molecule has 5 nitrogen and oxygen atoms in total. The predicted molar refractivity (Wildman–Crippen MR) is 68.3 cm³/mol. The summed E-state index contributed by atoms with van der Waals surface area (Å²) in [7, 11) is 1.80. The average molecular weight is 244 g/mol.